The van der Waals surface area contributed by atoms with Crippen molar-refractivity contribution in [3.05, 3.63) is 82.8 Å². The van der Waals surface area contributed by atoms with Crippen LogP contribution in [0.1, 0.15) is 6.92 Å². The van der Waals surface area contributed by atoms with E-state index in [1.165, 1.54) is 61.5 Å². The van der Waals surface area contributed by atoms with Gasteiger partial charge in [0, 0.05) is 10.7 Å². The van der Waals surface area contributed by atoms with E-state index in [1.54, 1.807) is 18.2 Å². The summed E-state index contributed by atoms with van der Waals surface area (Å²) in [4.78, 5) is 12.8. The molecule has 0 saturated heterocycles. The minimum absolute atomic E-state index is 0.0441. The Balaban J connectivity index is 1.77. The van der Waals surface area contributed by atoms with Gasteiger partial charge in [-0.05, 0) is 67.6 Å². The molecule has 2 N–H and O–H groups in total. The molecule has 0 bridgehead atoms. The molecule has 0 radical (unpaired) electrons. The zero-order valence-corrected chi connectivity index (χ0v) is 21.2. The number of halogens is 2. The molecule has 0 aromatic heterocycles. The van der Waals surface area contributed by atoms with E-state index in [0.717, 1.165) is 10.6 Å². The van der Waals surface area contributed by atoms with Gasteiger partial charge in [0.05, 0.1) is 27.5 Å². The fourth-order valence-electron chi connectivity index (χ4n) is 3.11. The Morgan fingerprint density at radius 3 is 2.03 bits per heavy atom. The molecule has 0 aliphatic heterocycles. The third kappa shape index (κ3) is 6.20. The highest BCUT2D eigenvalue weighted by molar-refractivity contribution is 7.92. The summed E-state index contributed by atoms with van der Waals surface area (Å²) in [6, 6.07) is 16.8. The Hall–Kier alpha value is -2.79. The molecule has 0 aliphatic carbocycles. The molecule has 3 aromatic carbocycles. The van der Waals surface area contributed by atoms with Crippen LogP contribution in [-0.4, -0.2) is 35.0 Å². The van der Waals surface area contributed by atoms with Crippen molar-refractivity contribution >= 4 is 66.2 Å². The van der Waals surface area contributed by atoms with Crippen molar-refractivity contribution in [3.63, 3.8) is 0 Å². The number of nitrogens with zero attached hydrogens (tertiary/aromatic N) is 1. The van der Waals surface area contributed by atoms with E-state index in [4.69, 9.17) is 23.2 Å². The highest BCUT2D eigenvalue weighted by atomic mass is 35.5. The zero-order valence-electron chi connectivity index (χ0n) is 18.1. The fourth-order valence-corrected chi connectivity index (χ4v) is 5.73. The number of carbonyl (C=O) groups is 1. The first-order valence-corrected chi connectivity index (χ1v) is 13.9. The number of hydrogen-bond donors (Lipinski definition) is 2. The second kappa shape index (κ2) is 10.2. The summed E-state index contributed by atoms with van der Waals surface area (Å²) in [7, 11) is -7.71. The molecule has 1 amide bonds. The zero-order chi connectivity index (χ0) is 25.1. The van der Waals surface area contributed by atoms with Crippen LogP contribution in [0, 0.1) is 0 Å². The van der Waals surface area contributed by atoms with E-state index in [9.17, 15) is 21.6 Å². The molecule has 180 valence electrons. The number of amides is 1. The second-order valence-electron chi connectivity index (χ2n) is 7.31. The van der Waals surface area contributed by atoms with Crippen LogP contribution >= 0.6 is 23.2 Å². The third-order valence-electron chi connectivity index (χ3n) is 4.72. The van der Waals surface area contributed by atoms with Crippen LogP contribution in [0.4, 0.5) is 17.1 Å². The van der Waals surface area contributed by atoms with Crippen LogP contribution in [-0.2, 0) is 24.8 Å². The van der Waals surface area contributed by atoms with Gasteiger partial charge in [-0.15, -0.1) is 0 Å². The van der Waals surface area contributed by atoms with E-state index >= 15 is 0 Å². The number of hydrogen-bond acceptors (Lipinski definition) is 5. The van der Waals surface area contributed by atoms with Gasteiger partial charge in [0.25, 0.3) is 10.0 Å². The fraction of sp³-hybridized carbons (Fsp3) is 0.136. The lowest BCUT2D eigenvalue weighted by Gasteiger charge is -2.28. The van der Waals surface area contributed by atoms with Crippen molar-refractivity contribution in [2.45, 2.75) is 17.9 Å². The summed E-state index contributed by atoms with van der Waals surface area (Å²) < 4.78 is 53.4. The van der Waals surface area contributed by atoms with Crippen LogP contribution in [0.2, 0.25) is 10.0 Å². The number of para-hydroxylation sites is 1. The van der Waals surface area contributed by atoms with Crippen LogP contribution in [0.15, 0.2) is 77.7 Å². The molecule has 34 heavy (non-hydrogen) atoms. The molecule has 0 spiro atoms. The van der Waals surface area contributed by atoms with E-state index < -0.39 is 32.0 Å². The average Bonchev–Trinajstić information content (AvgIpc) is 2.76. The van der Waals surface area contributed by atoms with Gasteiger partial charge in [-0.1, -0.05) is 35.3 Å². The van der Waals surface area contributed by atoms with Crippen molar-refractivity contribution in [2.75, 3.05) is 20.6 Å². The van der Waals surface area contributed by atoms with Gasteiger partial charge in [0.2, 0.25) is 15.9 Å². The predicted molar refractivity (Wildman–Crippen MR) is 136 cm³/mol. The molecule has 0 heterocycles. The summed E-state index contributed by atoms with van der Waals surface area (Å²) >= 11 is 11.9. The number of rotatable bonds is 8. The number of carbonyl (C=O) groups excluding carboxylic acids is 1. The minimum atomic E-state index is -3.92. The lowest BCUT2D eigenvalue weighted by molar-refractivity contribution is -0.116. The molecular weight excluding hydrogens is 521 g/mol. The molecule has 3 aromatic rings. The average molecular weight is 542 g/mol. The first kappa shape index (κ1) is 25.8. The number of sulfonamides is 2. The maximum atomic E-state index is 12.8. The van der Waals surface area contributed by atoms with Crippen molar-refractivity contribution < 1.29 is 21.6 Å². The molecule has 0 saturated carbocycles. The highest BCUT2D eigenvalue weighted by Crippen LogP contribution is 2.26. The summed E-state index contributed by atoms with van der Waals surface area (Å²) in [5, 5.41) is 3.28. The minimum Gasteiger partial charge on any atom is -0.324 e. The Kier molecular flexibility index (Phi) is 7.77. The molecule has 12 heteroatoms. The van der Waals surface area contributed by atoms with Crippen molar-refractivity contribution in [3.8, 4) is 0 Å². The quantitative estimate of drug-likeness (QED) is 0.433. The molecule has 0 aliphatic rings. The maximum Gasteiger partial charge on any atom is 0.261 e. The molecule has 3 rings (SSSR count). The van der Waals surface area contributed by atoms with Crippen LogP contribution in [0.3, 0.4) is 0 Å². The van der Waals surface area contributed by atoms with E-state index in [2.05, 4.69) is 10.0 Å². The first-order valence-electron chi connectivity index (χ1n) is 9.82. The van der Waals surface area contributed by atoms with E-state index in [1.807, 2.05) is 0 Å². The Morgan fingerprint density at radius 2 is 1.47 bits per heavy atom. The SMILES string of the molecule is C[C@H](C(=O)Nc1ccc(S(=O)(=O)Nc2ccccc2Cl)cc1)N(c1ccc(Cl)cc1)S(C)(=O)=O. The Bertz CT molecular complexity index is 1400. The summed E-state index contributed by atoms with van der Waals surface area (Å²) in [6.07, 6.45) is 0.997. The number of benzene rings is 3. The normalized spacial score (nSPS) is 12.6. The van der Waals surface area contributed by atoms with Gasteiger partial charge < -0.3 is 5.32 Å². The lowest BCUT2D eigenvalue weighted by atomic mass is 10.2. The van der Waals surface area contributed by atoms with Crippen LogP contribution < -0.4 is 14.3 Å². The smallest absolute Gasteiger partial charge is 0.261 e. The standard InChI is InChI=1S/C22H21Cl2N3O5S2/c1-15(27(33(2,29)30)18-11-7-16(23)8-12-18)22(28)25-17-9-13-19(14-10-17)34(31,32)26-21-6-4-3-5-20(21)24/h3-15,26H,1-2H3,(H,25,28)/t15-/m1/s1. The molecular formula is C22H21Cl2N3O5S2. The van der Waals surface area contributed by atoms with Gasteiger partial charge in [0.15, 0.2) is 0 Å². The Morgan fingerprint density at radius 1 is 0.882 bits per heavy atom. The van der Waals surface area contributed by atoms with Gasteiger partial charge in [-0.25, -0.2) is 16.8 Å². The van der Waals surface area contributed by atoms with Crippen molar-refractivity contribution in [1.29, 1.82) is 0 Å². The first-order chi connectivity index (χ1) is 15.9. The third-order valence-corrected chi connectivity index (χ3v) is 7.92. The topological polar surface area (TPSA) is 113 Å². The van der Waals surface area contributed by atoms with Gasteiger partial charge >= 0.3 is 0 Å². The maximum absolute atomic E-state index is 12.8. The van der Waals surface area contributed by atoms with Crippen molar-refractivity contribution in [2.24, 2.45) is 0 Å². The number of nitrogens with one attached hydrogen (secondary N) is 2. The van der Waals surface area contributed by atoms with E-state index in [-0.39, 0.29) is 27.0 Å². The van der Waals surface area contributed by atoms with Crippen LogP contribution in [0.25, 0.3) is 0 Å². The van der Waals surface area contributed by atoms with Gasteiger partial charge in [-0.2, -0.15) is 0 Å². The molecule has 0 fully saturated rings. The largest absolute Gasteiger partial charge is 0.324 e. The van der Waals surface area contributed by atoms with Crippen molar-refractivity contribution in [1.82, 2.24) is 0 Å². The van der Waals surface area contributed by atoms with Crippen LogP contribution in [0.5, 0.6) is 0 Å². The monoisotopic (exact) mass is 541 g/mol. The summed E-state index contributed by atoms with van der Waals surface area (Å²) in [5.41, 5.74) is 0.804. The Labute approximate surface area is 208 Å². The van der Waals surface area contributed by atoms with Gasteiger partial charge in [-0.3, -0.25) is 13.8 Å². The number of anilines is 3. The second-order valence-corrected chi connectivity index (χ2v) is 11.7. The van der Waals surface area contributed by atoms with Gasteiger partial charge in [0.1, 0.15) is 6.04 Å². The molecule has 1 atom stereocenters. The molecule has 8 nitrogen and oxygen atoms in total. The summed E-state index contributed by atoms with van der Waals surface area (Å²) in [6.45, 7) is 1.44. The van der Waals surface area contributed by atoms with E-state index in [0.29, 0.717) is 5.02 Å². The highest BCUT2D eigenvalue weighted by Gasteiger charge is 2.29. The predicted octanol–water partition coefficient (Wildman–Crippen LogP) is 4.59. The lowest BCUT2D eigenvalue weighted by Crippen LogP contribution is -2.45. The molecule has 0 unspecified atom stereocenters. The summed E-state index contributed by atoms with van der Waals surface area (Å²) in [5.74, 6) is -0.606.